The number of nitrogens with zero attached hydrogens (tertiary/aromatic N) is 1. The molecule has 0 bridgehead atoms. The molecular weight excluding hydrogens is 353 g/mol. The van der Waals surface area contributed by atoms with Crippen LogP contribution >= 0.6 is 23.2 Å². The lowest BCUT2D eigenvalue weighted by Gasteiger charge is -2.24. The first kappa shape index (κ1) is 18.1. The van der Waals surface area contributed by atoms with Gasteiger partial charge in [-0.3, -0.25) is 0 Å². The molecule has 5 nitrogen and oxygen atoms in total. The number of benzene rings is 1. The van der Waals surface area contributed by atoms with Crippen LogP contribution in [0, 0.1) is 6.92 Å². The van der Waals surface area contributed by atoms with E-state index in [0.717, 1.165) is 5.56 Å². The molecule has 0 saturated heterocycles. The number of hydrogen-bond acceptors (Lipinski definition) is 5. The quantitative estimate of drug-likeness (QED) is 0.760. The van der Waals surface area contributed by atoms with E-state index in [1.165, 1.54) is 25.2 Å². The zero-order valence-electron chi connectivity index (χ0n) is 13.3. The van der Waals surface area contributed by atoms with Crippen LogP contribution in [0.1, 0.15) is 5.56 Å². The van der Waals surface area contributed by atoms with Crippen LogP contribution in [0.15, 0.2) is 47.8 Å². The molecule has 1 heterocycles. The molecule has 0 spiro atoms. The Morgan fingerprint density at radius 1 is 1.00 bits per heavy atom. The van der Waals surface area contributed by atoms with Crippen LogP contribution in [-0.2, 0) is 19.1 Å². The average Bonchev–Trinajstić information content (AvgIpc) is 2.79. The third kappa shape index (κ3) is 3.47. The van der Waals surface area contributed by atoms with Gasteiger partial charge in [0.15, 0.2) is 0 Å². The van der Waals surface area contributed by atoms with E-state index in [0.29, 0.717) is 15.7 Å². The zero-order valence-corrected chi connectivity index (χ0v) is 14.8. The molecule has 0 aromatic heterocycles. The lowest BCUT2D eigenvalue weighted by atomic mass is 10.1. The van der Waals surface area contributed by atoms with Crippen molar-refractivity contribution in [1.82, 2.24) is 0 Å². The molecule has 1 aromatic carbocycles. The van der Waals surface area contributed by atoms with Crippen LogP contribution < -0.4 is 4.90 Å². The molecule has 0 fully saturated rings. The van der Waals surface area contributed by atoms with Crippen LogP contribution in [0.2, 0.25) is 10.0 Å². The number of methoxy groups -OCH3 is 2. The standard InChI is InChI=1S/C17H15Cl2NO4/c1-10-8-14(13(19)9-12(10)18)20-7-5-4-6-11(16(21)23-2)15(20)17(22)24-3/h4-9H,1-3H3. The number of esters is 2. The molecule has 24 heavy (non-hydrogen) atoms. The third-order valence-electron chi connectivity index (χ3n) is 3.38. The maximum absolute atomic E-state index is 12.3. The summed E-state index contributed by atoms with van der Waals surface area (Å²) in [6.07, 6.45) is 6.36. The van der Waals surface area contributed by atoms with E-state index in [1.807, 2.05) is 6.92 Å². The minimum absolute atomic E-state index is 0.00188. The Hall–Kier alpha value is -2.24. The van der Waals surface area contributed by atoms with Gasteiger partial charge in [-0.15, -0.1) is 0 Å². The Morgan fingerprint density at radius 3 is 2.29 bits per heavy atom. The molecule has 1 aliphatic heterocycles. The van der Waals surface area contributed by atoms with E-state index in [2.05, 4.69) is 0 Å². The molecule has 126 valence electrons. The highest BCUT2D eigenvalue weighted by Gasteiger charge is 2.28. The lowest BCUT2D eigenvalue weighted by Crippen LogP contribution is -2.27. The minimum atomic E-state index is -0.699. The molecule has 0 radical (unpaired) electrons. The first-order valence-electron chi connectivity index (χ1n) is 6.91. The maximum Gasteiger partial charge on any atom is 0.355 e. The van der Waals surface area contributed by atoms with Gasteiger partial charge in [-0.1, -0.05) is 29.3 Å². The molecule has 0 saturated carbocycles. The number of carbonyl (C=O) groups is 2. The number of aryl methyl sites for hydroxylation is 1. The fourth-order valence-corrected chi connectivity index (χ4v) is 2.65. The molecular formula is C17H15Cl2NO4. The highest BCUT2D eigenvalue weighted by Crippen LogP contribution is 2.35. The van der Waals surface area contributed by atoms with Crippen molar-refractivity contribution < 1.29 is 19.1 Å². The van der Waals surface area contributed by atoms with Gasteiger partial charge < -0.3 is 14.4 Å². The second-order valence-corrected chi connectivity index (χ2v) is 5.68. The minimum Gasteiger partial charge on any atom is -0.465 e. The Bertz CT molecular complexity index is 781. The van der Waals surface area contributed by atoms with Crippen LogP contribution in [0.25, 0.3) is 0 Å². The first-order valence-corrected chi connectivity index (χ1v) is 7.67. The van der Waals surface area contributed by atoms with Gasteiger partial charge in [-0.25, -0.2) is 9.59 Å². The van der Waals surface area contributed by atoms with E-state index >= 15 is 0 Å². The highest BCUT2D eigenvalue weighted by atomic mass is 35.5. The Morgan fingerprint density at radius 2 is 1.67 bits per heavy atom. The van der Waals surface area contributed by atoms with Crippen molar-refractivity contribution in [3.05, 3.63) is 63.4 Å². The predicted octanol–water partition coefficient (Wildman–Crippen LogP) is 3.79. The summed E-state index contributed by atoms with van der Waals surface area (Å²) in [5.74, 6) is -1.36. The summed E-state index contributed by atoms with van der Waals surface area (Å²) in [6, 6.07) is 3.30. The van der Waals surface area contributed by atoms with E-state index in [-0.39, 0.29) is 11.3 Å². The van der Waals surface area contributed by atoms with Crippen molar-refractivity contribution in [2.75, 3.05) is 19.1 Å². The smallest absolute Gasteiger partial charge is 0.355 e. The van der Waals surface area contributed by atoms with Crippen molar-refractivity contribution in [1.29, 1.82) is 0 Å². The van der Waals surface area contributed by atoms with E-state index in [9.17, 15) is 9.59 Å². The molecule has 0 N–H and O–H groups in total. The second-order valence-electron chi connectivity index (χ2n) is 4.87. The number of carbonyl (C=O) groups excluding carboxylic acids is 2. The van der Waals surface area contributed by atoms with Crippen LogP contribution in [0.3, 0.4) is 0 Å². The number of rotatable bonds is 3. The van der Waals surface area contributed by atoms with Gasteiger partial charge in [0, 0.05) is 11.2 Å². The van der Waals surface area contributed by atoms with E-state index < -0.39 is 11.9 Å². The Balaban J connectivity index is 2.72. The van der Waals surface area contributed by atoms with Gasteiger partial charge >= 0.3 is 11.9 Å². The maximum atomic E-state index is 12.3. The topological polar surface area (TPSA) is 55.8 Å². The molecule has 1 aromatic rings. The van der Waals surface area contributed by atoms with Gasteiger partial charge in [-0.05, 0) is 36.8 Å². The number of halogens is 2. The monoisotopic (exact) mass is 367 g/mol. The van der Waals surface area contributed by atoms with Crippen molar-refractivity contribution in [3.8, 4) is 0 Å². The fraction of sp³-hybridized carbons (Fsp3) is 0.176. The average molecular weight is 368 g/mol. The first-order chi connectivity index (χ1) is 11.4. The van der Waals surface area contributed by atoms with Gasteiger partial charge in [0.2, 0.25) is 0 Å². The zero-order chi connectivity index (χ0) is 17.9. The summed E-state index contributed by atoms with van der Waals surface area (Å²) < 4.78 is 9.60. The van der Waals surface area contributed by atoms with E-state index in [4.69, 9.17) is 32.7 Å². The van der Waals surface area contributed by atoms with Gasteiger partial charge in [-0.2, -0.15) is 0 Å². The number of ether oxygens (including phenoxy) is 2. The van der Waals surface area contributed by atoms with Crippen LogP contribution in [0.5, 0.6) is 0 Å². The van der Waals surface area contributed by atoms with Crippen molar-refractivity contribution >= 4 is 40.8 Å². The normalized spacial score (nSPS) is 13.8. The van der Waals surface area contributed by atoms with Crippen LogP contribution in [-0.4, -0.2) is 26.2 Å². The summed E-state index contributed by atoms with van der Waals surface area (Å²) >= 11 is 12.4. The van der Waals surface area contributed by atoms with Gasteiger partial charge in [0.05, 0.1) is 30.5 Å². The molecule has 0 atom stereocenters. The molecule has 2 rings (SSSR count). The summed E-state index contributed by atoms with van der Waals surface area (Å²) in [4.78, 5) is 25.9. The van der Waals surface area contributed by atoms with Gasteiger partial charge in [0.25, 0.3) is 0 Å². The van der Waals surface area contributed by atoms with Crippen molar-refractivity contribution in [3.63, 3.8) is 0 Å². The third-order valence-corrected chi connectivity index (χ3v) is 4.09. The number of anilines is 1. The molecule has 0 amide bonds. The molecule has 1 aliphatic rings. The molecule has 0 unspecified atom stereocenters. The number of hydrogen-bond donors (Lipinski definition) is 0. The van der Waals surface area contributed by atoms with E-state index in [1.54, 1.807) is 30.5 Å². The second kappa shape index (κ2) is 7.55. The van der Waals surface area contributed by atoms with Gasteiger partial charge in [0.1, 0.15) is 5.70 Å². The summed E-state index contributed by atoms with van der Waals surface area (Å²) in [5.41, 5.74) is 1.31. The fourth-order valence-electron chi connectivity index (χ4n) is 2.18. The summed E-state index contributed by atoms with van der Waals surface area (Å²) in [7, 11) is 2.47. The molecule has 7 heteroatoms. The highest BCUT2D eigenvalue weighted by molar-refractivity contribution is 6.37. The summed E-state index contributed by atoms with van der Waals surface area (Å²) in [5, 5.41) is 0.820. The Kier molecular flexibility index (Phi) is 5.70. The number of allylic oxidation sites excluding steroid dienone is 2. The summed E-state index contributed by atoms with van der Waals surface area (Å²) in [6.45, 7) is 1.81. The SMILES string of the molecule is COC(=O)C1=C(C(=O)OC)N(c2cc(C)c(Cl)cc2Cl)C=CC=C1. The lowest BCUT2D eigenvalue weighted by molar-refractivity contribution is -0.139. The molecule has 0 aliphatic carbocycles. The van der Waals surface area contributed by atoms with Crippen LogP contribution in [0.4, 0.5) is 5.69 Å². The van der Waals surface area contributed by atoms with Crippen molar-refractivity contribution in [2.24, 2.45) is 0 Å². The van der Waals surface area contributed by atoms with Crippen molar-refractivity contribution in [2.45, 2.75) is 6.92 Å². The Labute approximate surface area is 149 Å². The predicted molar refractivity (Wildman–Crippen MR) is 93.0 cm³/mol. The largest absolute Gasteiger partial charge is 0.465 e.